The van der Waals surface area contributed by atoms with Crippen molar-refractivity contribution in [3.8, 4) is 17.7 Å². The lowest BCUT2D eigenvalue weighted by Gasteiger charge is -2.08. The molecule has 0 aliphatic heterocycles. The van der Waals surface area contributed by atoms with Crippen molar-refractivity contribution in [2.45, 2.75) is 19.8 Å². The number of ether oxygens (including phenoxy) is 2. The van der Waals surface area contributed by atoms with Gasteiger partial charge in [0.1, 0.15) is 11.8 Å². The summed E-state index contributed by atoms with van der Waals surface area (Å²) in [6, 6.07) is 3.67. The van der Waals surface area contributed by atoms with E-state index in [1.165, 1.54) is 7.11 Å². The molecule has 0 amide bonds. The first-order valence-electron chi connectivity index (χ1n) is 4.89. The molecule has 1 aromatic heterocycles. The zero-order valence-electron chi connectivity index (χ0n) is 8.99. The number of unbranched alkanes of at least 4 members (excludes halogenated alkanes) is 1. The van der Waals surface area contributed by atoms with E-state index in [4.69, 9.17) is 14.7 Å². The van der Waals surface area contributed by atoms with E-state index in [2.05, 4.69) is 11.9 Å². The van der Waals surface area contributed by atoms with Crippen LogP contribution >= 0.6 is 0 Å². The molecule has 0 radical (unpaired) electrons. The summed E-state index contributed by atoms with van der Waals surface area (Å²) in [4.78, 5) is 4.01. The molecule has 0 spiro atoms. The minimum Gasteiger partial charge on any atom is -0.495 e. The highest BCUT2D eigenvalue weighted by molar-refractivity contribution is 5.48. The van der Waals surface area contributed by atoms with Crippen LogP contribution < -0.4 is 9.47 Å². The van der Waals surface area contributed by atoms with Crippen molar-refractivity contribution in [3.05, 3.63) is 17.8 Å². The highest BCUT2D eigenvalue weighted by Gasteiger charge is 2.10. The molecule has 4 heteroatoms. The Labute approximate surface area is 89.5 Å². The summed E-state index contributed by atoms with van der Waals surface area (Å²) >= 11 is 0. The Hall–Kier alpha value is -1.76. The molecule has 0 atom stereocenters. The fourth-order valence-corrected chi connectivity index (χ4v) is 1.12. The molecule has 0 saturated heterocycles. The number of methoxy groups -OCH3 is 1. The van der Waals surface area contributed by atoms with Gasteiger partial charge in [0.15, 0.2) is 5.56 Å². The van der Waals surface area contributed by atoms with E-state index in [9.17, 15) is 0 Å². The van der Waals surface area contributed by atoms with Gasteiger partial charge < -0.3 is 9.47 Å². The number of hydrogen-bond donors (Lipinski definition) is 0. The summed E-state index contributed by atoms with van der Waals surface area (Å²) in [6.45, 7) is 2.65. The average Bonchev–Trinajstić information content (AvgIpc) is 2.29. The number of rotatable bonds is 5. The van der Waals surface area contributed by atoms with Gasteiger partial charge in [0, 0.05) is 12.3 Å². The summed E-state index contributed by atoms with van der Waals surface area (Å²) in [6.07, 6.45) is 3.57. The summed E-state index contributed by atoms with van der Waals surface area (Å²) in [5.41, 5.74) is 0.358. The summed E-state index contributed by atoms with van der Waals surface area (Å²) in [5.74, 6) is 0.851. The van der Waals surface area contributed by atoms with Crippen molar-refractivity contribution in [2.24, 2.45) is 0 Å². The van der Waals surface area contributed by atoms with Crippen LogP contribution in [0.3, 0.4) is 0 Å². The van der Waals surface area contributed by atoms with Crippen molar-refractivity contribution >= 4 is 0 Å². The first-order valence-corrected chi connectivity index (χ1v) is 4.89. The standard InChI is InChI=1S/C11H14N2O2/c1-3-4-7-15-11-9(8-12)10(14-2)5-6-13-11/h5-6H,3-4,7H2,1-2H3. The molecule has 80 valence electrons. The van der Waals surface area contributed by atoms with Gasteiger partial charge in [-0.2, -0.15) is 5.26 Å². The van der Waals surface area contributed by atoms with Crippen LogP contribution in [0.25, 0.3) is 0 Å². The second-order valence-corrected chi connectivity index (χ2v) is 3.01. The number of pyridine rings is 1. The molecule has 4 nitrogen and oxygen atoms in total. The second kappa shape index (κ2) is 5.86. The van der Waals surface area contributed by atoms with Gasteiger partial charge in [-0.25, -0.2) is 4.98 Å². The fraction of sp³-hybridized carbons (Fsp3) is 0.455. The minimum absolute atomic E-state index is 0.352. The normalized spacial score (nSPS) is 9.40. The van der Waals surface area contributed by atoms with E-state index in [0.29, 0.717) is 23.8 Å². The fourth-order valence-electron chi connectivity index (χ4n) is 1.12. The van der Waals surface area contributed by atoms with E-state index in [-0.39, 0.29) is 0 Å². The Kier molecular flexibility index (Phi) is 4.42. The van der Waals surface area contributed by atoms with E-state index in [1.807, 2.05) is 6.07 Å². The van der Waals surface area contributed by atoms with Crippen LogP contribution in [-0.2, 0) is 0 Å². The monoisotopic (exact) mass is 206 g/mol. The Morgan fingerprint density at radius 3 is 2.93 bits per heavy atom. The molecule has 15 heavy (non-hydrogen) atoms. The summed E-state index contributed by atoms with van der Waals surface area (Å²) in [7, 11) is 1.52. The van der Waals surface area contributed by atoms with E-state index >= 15 is 0 Å². The zero-order valence-corrected chi connectivity index (χ0v) is 8.99. The maximum Gasteiger partial charge on any atom is 0.235 e. The van der Waals surface area contributed by atoms with E-state index < -0.39 is 0 Å². The number of nitrogens with zero attached hydrogens (tertiary/aromatic N) is 2. The van der Waals surface area contributed by atoms with Crippen molar-refractivity contribution in [2.75, 3.05) is 13.7 Å². The smallest absolute Gasteiger partial charge is 0.235 e. The minimum atomic E-state index is 0.352. The highest BCUT2D eigenvalue weighted by Crippen LogP contribution is 2.24. The average molecular weight is 206 g/mol. The van der Waals surface area contributed by atoms with Crippen LogP contribution in [0.1, 0.15) is 25.3 Å². The first-order chi connectivity index (χ1) is 7.33. The molecule has 0 aromatic carbocycles. The quantitative estimate of drug-likeness (QED) is 0.692. The van der Waals surface area contributed by atoms with Gasteiger partial charge >= 0.3 is 0 Å². The van der Waals surface area contributed by atoms with Crippen LogP contribution in [0.5, 0.6) is 11.6 Å². The van der Waals surface area contributed by atoms with Gasteiger partial charge in [0.05, 0.1) is 13.7 Å². The Morgan fingerprint density at radius 1 is 1.53 bits per heavy atom. The topological polar surface area (TPSA) is 55.1 Å². The Bertz CT molecular complexity index is 358. The van der Waals surface area contributed by atoms with Crippen LogP contribution in [-0.4, -0.2) is 18.7 Å². The zero-order chi connectivity index (χ0) is 11.1. The first kappa shape index (κ1) is 11.3. The van der Waals surface area contributed by atoms with Gasteiger partial charge in [0.2, 0.25) is 5.88 Å². The molecule has 0 fully saturated rings. The summed E-state index contributed by atoms with van der Waals surface area (Å²) < 4.78 is 10.4. The molecular formula is C11H14N2O2. The molecule has 0 unspecified atom stereocenters. The predicted octanol–water partition coefficient (Wildman–Crippen LogP) is 2.14. The highest BCUT2D eigenvalue weighted by atomic mass is 16.5. The molecular weight excluding hydrogens is 192 g/mol. The molecule has 1 aromatic rings. The third-order valence-electron chi connectivity index (χ3n) is 1.95. The molecule has 0 bridgehead atoms. The lowest BCUT2D eigenvalue weighted by atomic mass is 10.2. The van der Waals surface area contributed by atoms with Crippen LogP contribution in [0.15, 0.2) is 12.3 Å². The number of aromatic nitrogens is 1. The van der Waals surface area contributed by atoms with Gasteiger partial charge in [-0.15, -0.1) is 0 Å². The third kappa shape index (κ3) is 2.84. The van der Waals surface area contributed by atoms with Crippen molar-refractivity contribution in [1.82, 2.24) is 4.98 Å². The van der Waals surface area contributed by atoms with E-state index in [0.717, 1.165) is 12.8 Å². The Balaban J connectivity index is 2.83. The predicted molar refractivity (Wildman–Crippen MR) is 55.9 cm³/mol. The van der Waals surface area contributed by atoms with E-state index in [1.54, 1.807) is 12.3 Å². The molecule has 0 aliphatic carbocycles. The summed E-state index contributed by atoms with van der Waals surface area (Å²) in [5, 5.41) is 8.94. The second-order valence-electron chi connectivity index (χ2n) is 3.01. The largest absolute Gasteiger partial charge is 0.495 e. The maximum atomic E-state index is 8.94. The lowest BCUT2D eigenvalue weighted by molar-refractivity contribution is 0.294. The number of nitriles is 1. The van der Waals surface area contributed by atoms with Crippen LogP contribution in [0, 0.1) is 11.3 Å². The molecule has 1 heterocycles. The maximum absolute atomic E-state index is 8.94. The Morgan fingerprint density at radius 2 is 2.33 bits per heavy atom. The van der Waals surface area contributed by atoms with Crippen LogP contribution in [0.4, 0.5) is 0 Å². The van der Waals surface area contributed by atoms with Gasteiger partial charge in [-0.3, -0.25) is 0 Å². The number of hydrogen-bond acceptors (Lipinski definition) is 4. The van der Waals surface area contributed by atoms with Crippen molar-refractivity contribution < 1.29 is 9.47 Å². The third-order valence-corrected chi connectivity index (χ3v) is 1.95. The van der Waals surface area contributed by atoms with Crippen molar-refractivity contribution in [3.63, 3.8) is 0 Å². The van der Waals surface area contributed by atoms with Gasteiger partial charge in [-0.1, -0.05) is 13.3 Å². The van der Waals surface area contributed by atoms with Crippen molar-refractivity contribution in [1.29, 1.82) is 5.26 Å². The SMILES string of the molecule is CCCCOc1nccc(OC)c1C#N. The molecule has 0 N–H and O–H groups in total. The van der Waals surface area contributed by atoms with Gasteiger partial charge in [0.25, 0.3) is 0 Å². The van der Waals surface area contributed by atoms with Gasteiger partial charge in [-0.05, 0) is 6.42 Å². The lowest BCUT2D eigenvalue weighted by Crippen LogP contribution is -2.01. The molecule has 0 saturated carbocycles. The van der Waals surface area contributed by atoms with Crippen LogP contribution in [0.2, 0.25) is 0 Å². The molecule has 0 aliphatic rings. The molecule has 1 rings (SSSR count).